The molecule has 0 spiro atoms. The molecule has 0 aromatic rings. The second-order valence-electron chi connectivity index (χ2n) is 2.95. The minimum Gasteiger partial charge on any atom is -0.329 e. The van der Waals surface area contributed by atoms with Gasteiger partial charge in [0.25, 0.3) is 0 Å². The van der Waals surface area contributed by atoms with Crippen molar-refractivity contribution in [2.24, 2.45) is 5.92 Å². The molecule has 0 aliphatic carbocycles. The molecule has 0 saturated carbocycles. The standard InChI is InChI=1S/C7H12ClNO/c1-6-3-2-4-9(5-6)7(8)10/h6H,2-5H2,1H3. The number of halogens is 1. The van der Waals surface area contributed by atoms with Gasteiger partial charge in [-0.3, -0.25) is 4.79 Å². The highest BCUT2D eigenvalue weighted by atomic mass is 35.5. The lowest BCUT2D eigenvalue weighted by atomic mass is 10.0. The van der Waals surface area contributed by atoms with E-state index in [1.54, 1.807) is 4.90 Å². The highest BCUT2D eigenvalue weighted by Crippen LogP contribution is 2.16. The maximum absolute atomic E-state index is 10.6. The van der Waals surface area contributed by atoms with Crippen LogP contribution in [0.25, 0.3) is 0 Å². The van der Waals surface area contributed by atoms with Gasteiger partial charge in [-0.15, -0.1) is 0 Å². The summed E-state index contributed by atoms with van der Waals surface area (Å²) < 4.78 is 0. The second kappa shape index (κ2) is 3.24. The van der Waals surface area contributed by atoms with E-state index >= 15 is 0 Å². The Hall–Kier alpha value is -0.240. The highest BCUT2D eigenvalue weighted by Gasteiger charge is 2.18. The number of hydrogen-bond donors (Lipinski definition) is 0. The van der Waals surface area contributed by atoms with Gasteiger partial charge in [-0.2, -0.15) is 0 Å². The predicted molar refractivity (Wildman–Crippen MR) is 41.2 cm³/mol. The van der Waals surface area contributed by atoms with Crippen LogP contribution < -0.4 is 0 Å². The highest BCUT2D eigenvalue weighted by molar-refractivity contribution is 6.62. The molecule has 58 valence electrons. The number of likely N-dealkylation sites (tertiary alicyclic amines) is 1. The van der Waals surface area contributed by atoms with Gasteiger partial charge in [-0.05, 0) is 30.4 Å². The van der Waals surface area contributed by atoms with Gasteiger partial charge in [0.05, 0.1) is 0 Å². The number of carbonyl (C=O) groups excluding carboxylic acids is 1. The van der Waals surface area contributed by atoms with Gasteiger partial charge in [0, 0.05) is 13.1 Å². The van der Waals surface area contributed by atoms with Gasteiger partial charge >= 0.3 is 5.37 Å². The van der Waals surface area contributed by atoms with Crippen LogP contribution >= 0.6 is 11.6 Å². The van der Waals surface area contributed by atoms with Gasteiger partial charge in [0.15, 0.2) is 0 Å². The summed E-state index contributed by atoms with van der Waals surface area (Å²) in [6.45, 7) is 3.82. The number of rotatable bonds is 0. The molecule has 0 radical (unpaired) electrons. The van der Waals surface area contributed by atoms with Crippen molar-refractivity contribution in [2.75, 3.05) is 13.1 Å². The molecule has 1 aliphatic rings. The average molecular weight is 162 g/mol. The maximum Gasteiger partial charge on any atom is 0.316 e. The summed E-state index contributed by atoms with van der Waals surface area (Å²) in [6, 6.07) is 0. The van der Waals surface area contributed by atoms with Crippen molar-refractivity contribution in [2.45, 2.75) is 19.8 Å². The molecule has 1 heterocycles. The van der Waals surface area contributed by atoms with Crippen LogP contribution in [0.2, 0.25) is 0 Å². The largest absolute Gasteiger partial charge is 0.329 e. The Balaban J connectivity index is 2.39. The molecule has 3 heteroatoms. The Morgan fingerprint density at radius 2 is 2.40 bits per heavy atom. The number of amides is 1. The van der Waals surface area contributed by atoms with Crippen LogP contribution in [0.1, 0.15) is 19.8 Å². The number of piperidine rings is 1. The van der Waals surface area contributed by atoms with E-state index in [4.69, 9.17) is 11.6 Å². The molecule has 0 aromatic heterocycles. The molecule has 10 heavy (non-hydrogen) atoms. The molecule has 1 atom stereocenters. The van der Waals surface area contributed by atoms with Gasteiger partial charge in [-0.25, -0.2) is 0 Å². The summed E-state index contributed by atoms with van der Waals surface area (Å²) in [5, 5.41) is -0.299. The number of nitrogens with zero attached hydrogens (tertiary/aromatic N) is 1. The average Bonchev–Trinajstić information content (AvgIpc) is 1.88. The zero-order chi connectivity index (χ0) is 7.56. The van der Waals surface area contributed by atoms with Crippen LogP contribution in [0.5, 0.6) is 0 Å². The lowest BCUT2D eigenvalue weighted by molar-refractivity contribution is 0.191. The van der Waals surface area contributed by atoms with Crippen molar-refractivity contribution in [3.8, 4) is 0 Å². The first kappa shape index (κ1) is 7.86. The van der Waals surface area contributed by atoms with Gasteiger partial charge in [0.2, 0.25) is 0 Å². The third-order valence-electron chi connectivity index (χ3n) is 1.91. The Morgan fingerprint density at radius 1 is 1.70 bits per heavy atom. The topological polar surface area (TPSA) is 20.3 Å². The van der Waals surface area contributed by atoms with E-state index in [-0.39, 0.29) is 5.37 Å². The smallest absolute Gasteiger partial charge is 0.316 e. The third-order valence-corrected chi connectivity index (χ3v) is 2.14. The zero-order valence-corrected chi connectivity index (χ0v) is 6.90. The molecule has 0 N–H and O–H groups in total. The van der Waals surface area contributed by atoms with E-state index in [0.29, 0.717) is 5.92 Å². The van der Waals surface area contributed by atoms with E-state index in [1.807, 2.05) is 0 Å². The molecule has 1 unspecified atom stereocenters. The fourth-order valence-corrected chi connectivity index (χ4v) is 1.50. The second-order valence-corrected chi connectivity index (χ2v) is 3.27. The molecule has 0 aromatic carbocycles. The minimum atomic E-state index is -0.299. The lowest BCUT2D eigenvalue weighted by Crippen LogP contribution is -2.35. The third kappa shape index (κ3) is 1.87. The Bertz CT molecular complexity index is 138. The van der Waals surface area contributed by atoms with E-state index in [2.05, 4.69) is 6.92 Å². The number of carbonyl (C=O) groups is 1. The molecular weight excluding hydrogens is 150 g/mol. The van der Waals surface area contributed by atoms with Gasteiger partial charge in [0.1, 0.15) is 0 Å². The summed E-state index contributed by atoms with van der Waals surface area (Å²) in [7, 11) is 0. The first-order valence-electron chi connectivity index (χ1n) is 3.64. The predicted octanol–water partition coefficient (Wildman–Crippen LogP) is 2.08. The molecule has 2 nitrogen and oxygen atoms in total. The minimum absolute atomic E-state index is 0.299. The molecule has 1 amide bonds. The molecule has 0 bridgehead atoms. The van der Waals surface area contributed by atoms with E-state index in [0.717, 1.165) is 19.5 Å². The molecule has 1 saturated heterocycles. The van der Waals surface area contributed by atoms with Crippen molar-refractivity contribution in [1.29, 1.82) is 0 Å². The normalized spacial score (nSPS) is 26.6. The quantitative estimate of drug-likeness (QED) is 0.394. The SMILES string of the molecule is CC1CCCN(C(=O)Cl)C1. The summed E-state index contributed by atoms with van der Waals surface area (Å²) >= 11 is 5.31. The summed E-state index contributed by atoms with van der Waals surface area (Å²) in [6.07, 6.45) is 2.32. The summed E-state index contributed by atoms with van der Waals surface area (Å²) in [5.41, 5.74) is 0. The van der Waals surface area contributed by atoms with Crippen LogP contribution in [-0.4, -0.2) is 23.4 Å². The van der Waals surface area contributed by atoms with Crippen LogP contribution in [0.3, 0.4) is 0 Å². The van der Waals surface area contributed by atoms with Crippen molar-refractivity contribution in [1.82, 2.24) is 4.90 Å². The Labute approximate surface area is 66.1 Å². The first-order valence-corrected chi connectivity index (χ1v) is 4.02. The first-order chi connectivity index (χ1) is 4.70. The lowest BCUT2D eigenvalue weighted by Gasteiger charge is -2.28. The monoisotopic (exact) mass is 161 g/mol. The van der Waals surface area contributed by atoms with Gasteiger partial charge < -0.3 is 4.90 Å². The van der Waals surface area contributed by atoms with Crippen molar-refractivity contribution in [3.63, 3.8) is 0 Å². The fraction of sp³-hybridized carbons (Fsp3) is 0.857. The Morgan fingerprint density at radius 3 is 2.80 bits per heavy atom. The Kier molecular flexibility index (Phi) is 2.55. The molecule has 1 rings (SSSR count). The molecule has 1 fully saturated rings. The van der Waals surface area contributed by atoms with Crippen LogP contribution in [0, 0.1) is 5.92 Å². The van der Waals surface area contributed by atoms with Crippen LogP contribution in [0.4, 0.5) is 4.79 Å². The fourth-order valence-electron chi connectivity index (χ4n) is 1.35. The summed E-state index contributed by atoms with van der Waals surface area (Å²) in [4.78, 5) is 12.3. The van der Waals surface area contributed by atoms with Crippen LogP contribution in [-0.2, 0) is 0 Å². The molecular formula is C7H12ClNO. The van der Waals surface area contributed by atoms with Crippen molar-refractivity contribution < 1.29 is 4.79 Å². The maximum atomic E-state index is 10.6. The van der Waals surface area contributed by atoms with E-state index in [9.17, 15) is 4.79 Å². The summed E-state index contributed by atoms with van der Waals surface area (Å²) in [5.74, 6) is 0.622. The van der Waals surface area contributed by atoms with E-state index in [1.165, 1.54) is 6.42 Å². The van der Waals surface area contributed by atoms with Crippen molar-refractivity contribution >= 4 is 17.0 Å². The zero-order valence-electron chi connectivity index (χ0n) is 6.14. The van der Waals surface area contributed by atoms with Crippen LogP contribution in [0.15, 0.2) is 0 Å². The molecule has 1 aliphatic heterocycles. The van der Waals surface area contributed by atoms with E-state index < -0.39 is 0 Å². The van der Waals surface area contributed by atoms with Gasteiger partial charge in [-0.1, -0.05) is 6.92 Å². The number of hydrogen-bond acceptors (Lipinski definition) is 1. The van der Waals surface area contributed by atoms with Crippen molar-refractivity contribution in [3.05, 3.63) is 0 Å².